The third kappa shape index (κ3) is 3.71. The minimum atomic E-state index is -0.588. The van der Waals surface area contributed by atoms with Crippen molar-refractivity contribution >= 4 is 17.4 Å². The van der Waals surface area contributed by atoms with Crippen LogP contribution in [0.1, 0.15) is 47.0 Å². The first kappa shape index (κ1) is 18.3. The molecule has 134 valence electrons. The summed E-state index contributed by atoms with van der Waals surface area (Å²) in [5.74, 6) is 0.486. The zero-order valence-corrected chi connectivity index (χ0v) is 15.0. The lowest BCUT2D eigenvalue weighted by Gasteiger charge is -2.25. The molecular formula is C17H28N4O3. The van der Waals surface area contributed by atoms with Crippen molar-refractivity contribution in [2.75, 3.05) is 17.2 Å². The van der Waals surface area contributed by atoms with Crippen molar-refractivity contribution < 1.29 is 4.79 Å². The third-order valence-corrected chi connectivity index (χ3v) is 4.46. The smallest absolute Gasteiger partial charge is 0.330 e. The molecule has 2 unspecified atom stereocenters. The second kappa shape index (κ2) is 7.23. The number of carbonyl (C=O) groups is 1. The van der Waals surface area contributed by atoms with E-state index in [-0.39, 0.29) is 29.2 Å². The molecule has 0 bridgehead atoms. The van der Waals surface area contributed by atoms with E-state index in [0.717, 1.165) is 19.3 Å². The van der Waals surface area contributed by atoms with Crippen LogP contribution in [-0.4, -0.2) is 22.0 Å². The molecule has 1 aliphatic rings. The maximum atomic E-state index is 12.8. The van der Waals surface area contributed by atoms with E-state index in [1.807, 2.05) is 27.7 Å². The quantitative estimate of drug-likeness (QED) is 0.789. The minimum Gasteiger partial charge on any atom is -0.383 e. The van der Waals surface area contributed by atoms with E-state index < -0.39 is 11.2 Å². The van der Waals surface area contributed by atoms with Crippen LogP contribution in [-0.2, 0) is 11.3 Å². The number of unbranched alkanes of at least 4 members (excludes halogenated alkanes) is 1. The molecule has 24 heavy (non-hydrogen) atoms. The highest BCUT2D eigenvalue weighted by Gasteiger charge is 2.42. The van der Waals surface area contributed by atoms with E-state index in [4.69, 9.17) is 5.73 Å². The summed E-state index contributed by atoms with van der Waals surface area (Å²) >= 11 is 0. The molecule has 0 saturated heterocycles. The van der Waals surface area contributed by atoms with Gasteiger partial charge >= 0.3 is 5.69 Å². The zero-order valence-electron chi connectivity index (χ0n) is 15.0. The van der Waals surface area contributed by atoms with Crippen molar-refractivity contribution in [1.82, 2.24) is 9.55 Å². The summed E-state index contributed by atoms with van der Waals surface area (Å²) in [6.07, 6.45) is 2.51. The molecule has 1 aliphatic carbocycles. The molecular weight excluding hydrogens is 308 g/mol. The number of hydrogen-bond acceptors (Lipinski definition) is 4. The van der Waals surface area contributed by atoms with Crippen LogP contribution in [0.4, 0.5) is 11.5 Å². The van der Waals surface area contributed by atoms with Gasteiger partial charge in [0.05, 0.1) is 0 Å². The standard InChI is InChI=1S/C17H28N4O3/c1-5-6-7-20(16(23)12-8-11(12)4)13-14(18)21(9-10(2)3)17(24)19-15(13)22/h10-12H,5-9,18H2,1-4H3,(H,19,22,24). The highest BCUT2D eigenvalue weighted by molar-refractivity contribution is 5.98. The molecule has 0 aliphatic heterocycles. The molecule has 1 fully saturated rings. The van der Waals surface area contributed by atoms with Gasteiger partial charge < -0.3 is 10.6 Å². The number of aromatic nitrogens is 2. The monoisotopic (exact) mass is 336 g/mol. The van der Waals surface area contributed by atoms with E-state index in [1.165, 1.54) is 9.47 Å². The Labute approximate surface area is 141 Å². The summed E-state index contributed by atoms with van der Waals surface area (Å²) in [6.45, 7) is 8.80. The molecule has 0 aromatic carbocycles. The second-order valence-electron chi connectivity index (χ2n) is 7.16. The zero-order chi connectivity index (χ0) is 18.0. The first-order valence-corrected chi connectivity index (χ1v) is 8.71. The first-order valence-electron chi connectivity index (χ1n) is 8.71. The minimum absolute atomic E-state index is 0.0499. The van der Waals surface area contributed by atoms with Gasteiger partial charge in [-0.25, -0.2) is 4.79 Å². The Morgan fingerprint density at radius 3 is 2.54 bits per heavy atom. The van der Waals surface area contributed by atoms with Crippen LogP contribution >= 0.6 is 0 Å². The van der Waals surface area contributed by atoms with E-state index in [0.29, 0.717) is 19.0 Å². The van der Waals surface area contributed by atoms with Crippen molar-refractivity contribution in [3.63, 3.8) is 0 Å². The molecule has 7 nitrogen and oxygen atoms in total. The molecule has 3 N–H and O–H groups in total. The van der Waals surface area contributed by atoms with Crippen molar-refractivity contribution in [2.24, 2.45) is 17.8 Å². The Balaban J connectivity index is 2.50. The van der Waals surface area contributed by atoms with Crippen molar-refractivity contribution in [3.8, 4) is 0 Å². The molecule has 1 amide bonds. The van der Waals surface area contributed by atoms with Gasteiger partial charge in [-0.2, -0.15) is 0 Å². The maximum Gasteiger partial charge on any atom is 0.330 e. The molecule has 2 atom stereocenters. The Hall–Kier alpha value is -2.05. The lowest BCUT2D eigenvalue weighted by atomic mass is 10.2. The van der Waals surface area contributed by atoms with Crippen molar-refractivity contribution in [3.05, 3.63) is 20.8 Å². The molecule has 7 heteroatoms. The summed E-state index contributed by atoms with van der Waals surface area (Å²) < 4.78 is 1.35. The fraction of sp³-hybridized carbons (Fsp3) is 0.706. The van der Waals surface area contributed by atoms with Gasteiger partial charge in [-0.1, -0.05) is 34.1 Å². The molecule has 0 spiro atoms. The number of rotatable bonds is 7. The molecule has 0 radical (unpaired) electrons. The number of H-pyrrole nitrogens is 1. The third-order valence-electron chi connectivity index (χ3n) is 4.46. The highest BCUT2D eigenvalue weighted by Crippen LogP contribution is 2.40. The van der Waals surface area contributed by atoms with E-state index in [2.05, 4.69) is 4.98 Å². The largest absolute Gasteiger partial charge is 0.383 e. The summed E-state index contributed by atoms with van der Waals surface area (Å²) in [5, 5.41) is 0. The number of nitrogens with two attached hydrogens (primary N) is 1. The number of nitrogens with one attached hydrogen (secondary N) is 1. The van der Waals surface area contributed by atoms with Crippen LogP contribution in [0.3, 0.4) is 0 Å². The number of nitrogens with zero attached hydrogens (tertiary/aromatic N) is 2. The lowest BCUT2D eigenvalue weighted by molar-refractivity contribution is -0.120. The summed E-state index contributed by atoms with van der Waals surface area (Å²) in [7, 11) is 0. The molecule has 1 aromatic heterocycles. The lowest BCUT2D eigenvalue weighted by Crippen LogP contribution is -2.42. The van der Waals surface area contributed by atoms with Crippen LogP contribution in [0.5, 0.6) is 0 Å². The van der Waals surface area contributed by atoms with Gasteiger partial charge in [0.1, 0.15) is 5.82 Å². The first-order chi connectivity index (χ1) is 11.3. The molecule has 1 heterocycles. The predicted octanol–water partition coefficient (Wildman–Crippen LogP) is 1.56. The van der Waals surface area contributed by atoms with Gasteiger partial charge in [0.15, 0.2) is 5.69 Å². The van der Waals surface area contributed by atoms with E-state index in [1.54, 1.807) is 0 Å². The van der Waals surface area contributed by atoms with Crippen LogP contribution in [0, 0.1) is 17.8 Å². The van der Waals surface area contributed by atoms with Gasteiger partial charge in [-0.3, -0.25) is 19.1 Å². The van der Waals surface area contributed by atoms with Crippen molar-refractivity contribution in [1.29, 1.82) is 0 Å². The van der Waals surface area contributed by atoms with Gasteiger partial charge in [-0.05, 0) is 24.7 Å². The van der Waals surface area contributed by atoms with Crippen LogP contribution in [0.15, 0.2) is 9.59 Å². The molecule has 1 aromatic rings. The Morgan fingerprint density at radius 1 is 1.42 bits per heavy atom. The normalized spacial score (nSPS) is 19.5. The number of anilines is 2. The highest BCUT2D eigenvalue weighted by atomic mass is 16.2. The van der Waals surface area contributed by atoms with Crippen LogP contribution in [0.2, 0.25) is 0 Å². The van der Waals surface area contributed by atoms with Crippen LogP contribution < -0.4 is 21.9 Å². The van der Waals surface area contributed by atoms with E-state index in [9.17, 15) is 14.4 Å². The summed E-state index contributed by atoms with van der Waals surface area (Å²) in [6, 6.07) is 0. The second-order valence-corrected chi connectivity index (χ2v) is 7.16. The SMILES string of the molecule is CCCCN(C(=O)C1CC1C)c1c(N)n(CC(C)C)c(=O)[nH]c1=O. The maximum absolute atomic E-state index is 12.8. The predicted molar refractivity (Wildman–Crippen MR) is 95.1 cm³/mol. The average molecular weight is 336 g/mol. The Kier molecular flexibility index (Phi) is 5.51. The summed E-state index contributed by atoms with van der Waals surface area (Å²) in [5.41, 5.74) is 5.15. The number of amides is 1. The number of nitrogen functional groups attached to an aromatic ring is 1. The molecule has 2 rings (SSSR count). The number of carbonyl (C=O) groups excluding carboxylic acids is 1. The molecule has 1 saturated carbocycles. The fourth-order valence-electron chi connectivity index (χ4n) is 2.90. The average Bonchev–Trinajstić information content (AvgIpc) is 3.22. The Bertz CT molecular complexity index is 720. The van der Waals surface area contributed by atoms with Crippen molar-refractivity contribution in [2.45, 2.75) is 53.5 Å². The summed E-state index contributed by atoms with van der Waals surface area (Å²) in [4.78, 5) is 41.0. The Morgan fingerprint density at radius 2 is 2.04 bits per heavy atom. The fourth-order valence-corrected chi connectivity index (χ4v) is 2.90. The van der Waals surface area contributed by atoms with Gasteiger partial charge in [0, 0.05) is 19.0 Å². The topological polar surface area (TPSA) is 101 Å². The van der Waals surface area contributed by atoms with Gasteiger partial charge in [-0.15, -0.1) is 0 Å². The van der Waals surface area contributed by atoms with Gasteiger partial charge in [0.2, 0.25) is 5.91 Å². The van der Waals surface area contributed by atoms with E-state index >= 15 is 0 Å². The van der Waals surface area contributed by atoms with Gasteiger partial charge in [0.25, 0.3) is 5.56 Å². The number of hydrogen-bond donors (Lipinski definition) is 2. The number of aromatic amines is 1. The van der Waals surface area contributed by atoms with Crippen LogP contribution in [0.25, 0.3) is 0 Å².